The summed E-state index contributed by atoms with van der Waals surface area (Å²) in [7, 11) is 1.65. The molecule has 3 rings (SSSR count). The lowest BCUT2D eigenvalue weighted by Crippen LogP contribution is -2.08. The first-order valence-corrected chi connectivity index (χ1v) is 9.50. The molecule has 6 nitrogen and oxygen atoms in total. The molecule has 0 aliphatic heterocycles. The number of nitrogens with zero attached hydrogens (tertiary/aromatic N) is 4. The van der Waals surface area contributed by atoms with Gasteiger partial charge in [0.05, 0.1) is 13.2 Å². The molecule has 9 heteroatoms. The Morgan fingerprint density at radius 2 is 1.79 bits per heavy atom. The molecule has 0 N–H and O–H groups in total. The summed E-state index contributed by atoms with van der Waals surface area (Å²) >= 11 is 1.54. The van der Waals surface area contributed by atoms with Gasteiger partial charge in [0.1, 0.15) is 5.75 Å². The minimum absolute atomic E-state index is 0.0383. The second-order valence-corrected chi connectivity index (χ2v) is 7.20. The smallest absolute Gasteiger partial charge is 0.387 e. The molecule has 1 unspecified atom stereocenters. The van der Waals surface area contributed by atoms with Crippen molar-refractivity contribution in [3.8, 4) is 17.1 Å². The Balaban J connectivity index is 1.80. The van der Waals surface area contributed by atoms with Gasteiger partial charge < -0.3 is 9.47 Å². The van der Waals surface area contributed by atoms with Gasteiger partial charge in [0, 0.05) is 30.3 Å². The Labute approximate surface area is 165 Å². The zero-order valence-electron chi connectivity index (χ0n) is 15.5. The van der Waals surface area contributed by atoms with E-state index in [1.807, 2.05) is 23.6 Å². The SMILES string of the molecule is COCCn1c(SC(C)c2ccc(OC(F)F)cc2)nnc1-c1ccncc1. The second-order valence-electron chi connectivity index (χ2n) is 5.89. The van der Waals surface area contributed by atoms with E-state index in [1.54, 1.807) is 31.6 Å². The number of hydrogen-bond acceptors (Lipinski definition) is 6. The van der Waals surface area contributed by atoms with Crippen molar-refractivity contribution in [2.24, 2.45) is 0 Å². The van der Waals surface area contributed by atoms with Crippen LogP contribution in [0.5, 0.6) is 5.75 Å². The zero-order chi connectivity index (χ0) is 19.9. The highest BCUT2D eigenvalue weighted by Crippen LogP contribution is 2.36. The van der Waals surface area contributed by atoms with E-state index in [1.165, 1.54) is 23.9 Å². The largest absolute Gasteiger partial charge is 0.435 e. The molecule has 28 heavy (non-hydrogen) atoms. The van der Waals surface area contributed by atoms with Crippen LogP contribution in [0.15, 0.2) is 53.9 Å². The topological polar surface area (TPSA) is 62.1 Å². The van der Waals surface area contributed by atoms with Crippen LogP contribution in [0, 0.1) is 0 Å². The molecule has 2 aromatic heterocycles. The van der Waals surface area contributed by atoms with Gasteiger partial charge in [-0.15, -0.1) is 10.2 Å². The summed E-state index contributed by atoms with van der Waals surface area (Å²) in [6.07, 6.45) is 3.42. The molecule has 1 atom stereocenters. The Morgan fingerprint density at radius 3 is 2.43 bits per heavy atom. The quantitative estimate of drug-likeness (QED) is 0.490. The third kappa shape index (κ3) is 5.05. The summed E-state index contributed by atoms with van der Waals surface area (Å²) in [6.45, 7) is 0.327. The molecule has 0 radical (unpaired) electrons. The van der Waals surface area contributed by atoms with Gasteiger partial charge in [-0.25, -0.2) is 0 Å². The lowest BCUT2D eigenvalue weighted by atomic mass is 10.2. The first kappa shape index (κ1) is 20.2. The van der Waals surface area contributed by atoms with Crippen LogP contribution < -0.4 is 4.74 Å². The van der Waals surface area contributed by atoms with E-state index in [4.69, 9.17) is 4.74 Å². The van der Waals surface area contributed by atoms with Gasteiger partial charge in [0.15, 0.2) is 11.0 Å². The van der Waals surface area contributed by atoms with E-state index < -0.39 is 6.61 Å². The number of hydrogen-bond donors (Lipinski definition) is 0. The molecular formula is C19H20F2N4O2S. The van der Waals surface area contributed by atoms with Gasteiger partial charge in [-0.1, -0.05) is 23.9 Å². The first-order chi connectivity index (χ1) is 13.6. The maximum absolute atomic E-state index is 12.3. The molecular weight excluding hydrogens is 386 g/mol. The van der Waals surface area contributed by atoms with E-state index in [-0.39, 0.29) is 11.0 Å². The lowest BCUT2D eigenvalue weighted by molar-refractivity contribution is -0.0498. The van der Waals surface area contributed by atoms with Crippen LogP contribution in [0.25, 0.3) is 11.4 Å². The van der Waals surface area contributed by atoms with E-state index >= 15 is 0 Å². The molecule has 0 saturated heterocycles. The molecule has 3 aromatic rings. The first-order valence-electron chi connectivity index (χ1n) is 8.62. The van der Waals surface area contributed by atoms with Gasteiger partial charge in [-0.05, 0) is 36.8 Å². The van der Waals surface area contributed by atoms with Crippen LogP contribution in [0.1, 0.15) is 17.7 Å². The van der Waals surface area contributed by atoms with Crippen molar-refractivity contribution in [2.45, 2.75) is 30.5 Å². The Kier molecular flexibility index (Phi) is 6.94. The summed E-state index contributed by atoms with van der Waals surface area (Å²) in [5, 5.41) is 9.47. The fraction of sp³-hybridized carbons (Fsp3) is 0.316. The van der Waals surface area contributed by atoms with Crippen LogP contribution in [0.4, 0.5) is 8.78 Å². The van der Waals surface area contributed by atoms with Crippen molar-refractivity contribution >= 4 is 11.8 Å². The minimum Gasteiger partial charge on any atom is -0.435 e. The normalized spacial score (nSPS) is 12.3. The van der Waals surface area contributed by atoms with Gasteiger partial charge in [-0.3, -0.25) is 9.55 Å². The van der Waals surface area contributed by atoms with E-state index in [9.17, 15) is 8.78 Å². The molecule has 0 spiro atoms. The maximum atomic E-state index is 12.3. The van der Waals surface area contributed by atoms with Crippen LogP contribution >= 0.6 is 11.8 Å². The second kappa shape index (κ2) is 9.61. The van der Waals surface area contributed by atoms with Crippen LogP contribution in [0.2, 0.25) is 0 Å². The fourth-order valence-corrected chi connectivity index (χ4v) is 3.62. The van der Waals surface area contributed by atoms with Crippen LogP contribution in [-0.4, -0.2) is 40.1 Å². The van der Waals surface area contributed by atoms with Crippen molar-refractivity contribution in [3.05, 3.63) is 54.4 Å². The number of alkyl halides is 2. The average molecular weight is 406 g/mol. The third-order valence-corrected chi connectivity index (χ3v) is 5.17. The Morgan fingerprint density at radius 1 is 1.07 bits per heavy atom. The predicted molar refractivity (Wildman–Crippen MR) is 102 cm³/mol. The van der Waals surface area contributed by atoms with Crippen molar-refractivity contribution in [2.75, 3.05) is 13.7 Å². The predicted octanol–water partition coefficient (Wildman–Crippen LogP) is 4.44. The Bertz CT molecular complexity index is 875. The number of ether oxygens (including phenoxy) is 2. The Hall–Kier alpha value is -2.52. The minimum atomic E-state index is -2.83. The molecule has 0 aliphatic rings. The van der Waals surface area contributed by atoms with E-state index in [0.29, 0.717) is 13.2 Å². The van der Waals surface area contributed by atoms with Gasteiger partial charge in [0.25, 0.3) is 0 Å². The molecule has 2 heterocycles. The maximum Gasteiger partial charge on any atom is 0.387 e. The van der Waals surface area contributed by atoms with Crippen molar-refractivity contribution in [1.29, 1.82) is 0 Å². The molecule has 0 aliphatic carbocycles. The summed E-state index contributed by atoms with van der Waals surface area (Å²) < 4.78 is 36.2. The van der Waals surface area contributed by atoms with Crippen molar-refractivity contribution < 1.29 is 18.3 Å². The lowest BCUT2D eigenvalue weighted by Gasteiger charge is -2.14. The summed E-state index contributed by atoms with van der Waals surface area (Å²) in [5.41, 5.74) is 1.89. The number of aromatic nitrogens is 4. The molecule has 148 valence electrons. The fourth-order valence-electron chi connectivity index (χ4n) is 2.62. The monoisotopic (exact) mass is 406 g/mol. The summed E-state index contributed by atoms with van der Waals surface area (Å²) in [5.74, 6) is 0.883. The molecule has 0 fully saturated rings. The number of thioether (sulfide) groups is 1. The molecule has 0 saturated carbocycles. The van der Waals surface area contributed by atoms with Gasteiger partial charge in [0.2, 0.25) is 0 Å². The standard InChI is InChI=1S/C19H20F2N4O2S/c1-13(14-3-5-16(6-4-14)27-18(20)21)28-19-24-23-17(25(19)11-12-26-2)15-7-9-22-10-8-15/h3-10,13,18H,11-12H2,1-2H3. The number of pyridine rings is 1. The number of methoxy groups -OCH3 is 1. The highest BCUT2D eigenvalue weighted by atomic mass is 32.2. The highest BCUT2D eigenvalue weighted by molar-refractivity contribution is 7.99. The van der Waals surface area contributed by atoms with Crippen LogP contribution in [-0.2, 0) is 11.3 Å². The molecule has 0 amide bonds. The highest BCUT2D eigenvalue weighted by Gasteiger charge is 2.18. The summed E-state index contributed by atoms with van der Waals surface area (Å²) in [4.78, 5) is 4.04. The number of rotatable bonds is 9. The van der Waals surface area contributed by atoms with Crippen molar-refractivity contribution in [3.63, 3.8) is 0 Å². The van der Waals surface area contributed by atoms with Crippen molar-refractivity contribution in [1.82, 2.24) is 19.7 Å². The number of benzene rings is 1. The van der Waals surface area contributed by atoms with Gasteiger partial charge in [-0.2, -0.15) is 8.78 Å². The van der Waals surface area contributed by atoms with E-state index in [0.717, 1.165) is 22.1 Å². The third-order valence-electron chi connectivity index (χ3n) is 4.03. The van der Waals surface area contributed by atoms with Crippen LogP contribution in [0.3, 0.4) is 0 Å². The van der Waals surface area contributed by atoms with E-state index in [2.05, 4.69) is 19.9 Å². The average Bonchev–Trinajstić information content (AvgIpc) is 3.09. The number of halogens is 2. The molecule has 1 aromatic carbocycles. The summed E-state index contributed by atoms with van der Waals surface area (Å²) in [6, 6.07) is 10.4. The zero-order valence-corrected chi connectivity index (χ0v) is 16.3. The van der Waals surface area contributed by atoms with Gasteiger partial charge >= 0.3 is 6.61 Å². The molecule has 0 bridgehead atoms.